The molecule has 2 aliphatic carbocycles. The molecule has 27 heavy (non-hydrogen) atoms. The average molecular weight is 406 g/mol. The Bertz CT molecular complexity index is 881. The second-order valence-corrected chi connectivity index (χ2v) is 9.99. The zero-order valence-electron chi connectivity index (χ0n) is 15.8. The van der Waals surface area contributed by atoms with Gasteiger partial charge < -0.3 is 10.3 Å². The Morgan fingerprint density at radius 1 is 1.26 bits per heavy atom. The van der Waals surface area contributed by atoms with Gasteiger partial charge in [0.25, 0.3) is 5.56 Å². The third kappa shape index (κ3) is 4.40. The number of nitrogens with zero attached hydrogens (tertiary/aromatic N) is 1. The fourth-order valence-electron chi connectivity index (χ4n) is 4.19. The van der Waals surface area contributed by atoms with E-state index in [0.717, 1.165) is 48.2 Å². The Labute approximate surface area is 167 Å². The van der Waals surface area contributed by atoms with Gasteiger partial charge in [0.1, 0.15) is 10.7 Å². The highest BCUT2D eigenvalue weighted by atomic mass is 32.2. The van der Waals surface area contributed by atoms with Gasteiger partial charge in [-0.1, -0.05) is 6.92 Å². The molecule has 0 atom stereocenters. The summed E-state index contributed by atoms with van der Waals surface area (Å²) in [6.07, 6.45) is 9.01. The van der Waals surface area contributed by atoms with Crippen LogP contribution in [-0.4, -0.2) is 27.7 Å². The van der Waals surface area contributed by atoms with Crippen LogP contribution in [0.5, 0.6) is 0 Å². The number of rotatable bonds is 5. The van der Waals surface area contributed by atoms with E-state index >= 15 is 0 Å². The highest BCUT2D eigenvalue weighted by Gasteiger charge is 2.21. The molecule has 0 saturated heterocycles. The molecule has 2 heterocycles. The Balaban J connectivity index is 1.34. The number of thiophene rings is 1. The van der Waals surface area contributed by atoms with Gasteiger partial charge in [0.05, 0.1) is 16.9 Å². The maximum Gasteiger partial charge on any atom is 0.259 e. The second-order valence-electron chi connectivity index (χ2n) is 7.92. The summed E-state index contributed by atoms with van der Waals surface area (Å²) in [5, 5.41) is 3.95. The van der Waals surface area contributed by atoms with Crippen molar-refractivity contribution >= 4 is 39.2 Å². The molecule has 7 heteroatoms. The Kier molecular flexibility index (Phi) is 5.88. The van der Waals surface area contributed by atoms with Crippen molar-refractivity contribution in [1.29, 1.82) is 0 Å². The van der Waals surface area contributed by atoms with E-state index in [-0.39, 0.29) is 11.5 Å². The van der Waals surface area contributed by atoms with Crippen LogP contribution in [-0.2, 0) is 23.4 Å². The third-order valence-corrected chi connectivity index (χ3v) is 7.86. The Hall–Kier alpha value is -1.34. The molecule has 0 aromatic carbocycles. The number of aryl methyl sites for hydroxylation is 2. The van der Waals surface area contributed by atoms with Crippen LogP contribution in [0.2, 0.25) is 0 Å². The molecular weight excluding hydrogens is 378 g/mol. The van der Waals surface area contributed by atoms with Gasteiger partial charge >= 0.3 is 0 Å². The van der Waals surface area contributed by atoms with Crippen molar-refractivity contribution < 1.29 is 4.79 Å². The molecule has 0 aliphatic heterocycles. The first-order chi connectivity index (χ1) is 13.1. The predicted molar refractivity (Wildman–Crippen MR) is 113 cm³/mol. The number of aromatic amines is 1. The van der Waals surface area contributed by atoms with E-state index in [4.69, 9.17) is 0 Å². The summed E-state index contributed by atoms with van der Waals surface area (Å²) in [6.45, 7) is 2.28. The third-order valence-electron chi connectivity index (χ3n) is 5.73. The largest absolute Gasteiger partial charge is 0.353 e. The van der Waals surface area contributed by atoms with E-state index < -0.39 is 0 Å². The molecule has 0 bridgehead atoms. The number of amides is 1. The van der Waals surface area contributed by atoms with E-state index in [1.54, 1.807) is 11.3 Å². The molecule has 1 saturated carbocycles. The first-order valence-electron chi connectivity index (χ1n) is 10.0. The quantitative estimate of drug-likeness (QED) is 0.794. The molecule has 4 rings (SSSR count). The molecule has 2 aliphatic rings. The predicted octanol–water partition coefficient (Wildman–Crippen LogP) is 3.79. The van der Waals surface area contributed by atoms with Crippen LogP contribution in [0.15, 0.2) is 4.79 Å². The van der Waals surface area contributed by atoms with Crippen LogP contribution in [0, 0.1) is 5.92 Å². The van der Waals surface area contributed by atoms with Gasteiger partial charge in [0.15, 0.2) is 0 Å². The fraction of sp³-hybridized carbons (Fsp3) is 0.650. The van der Waals surface area contributed by atoms with Gasteiger partial charge in [0.2, 0.25) is 5.91 Å². The van der Waals surface area contributed by atoms with Gasteiger partial charge in [-0.3, -0.25) is 9.59 Å². The van der Waals surface area contributed by atoms with Crippen LogP contribution in [0.25, 0.3) is 10.2 Å². The molecular formula is C20H27N3O2S2. The zero-order chi connectivity index (χ0) is 18.8. The summed E-state index contributed by atoms with van der Waals surface area (Å²) in [7, 11) is 0. The van der Waals surface area contributed by atoms with Crippen molar-refractivity contribution in [2.24, 2.45) is 5.92 Å². The first-order valence-corrected chi connectivity index (χ1v) is 12.0. The van der Waals surface area contributed by atoms with Gasteiger partial charge in [0, 0.05) is 10.9 Å². The number of carbonyl (C=O) groups excluding carboxylic acids is 1. The van der Waals surface area contributed by atoms with E-state index in [1.165, 1.54) is 41.5 Å². The molecule has 0 spiro atoms. The van der Waals surface area contributed by atoms with Gasteiger partial charge in [-0.2, -0.15) is 0 Å². The lowest BCUT2D eigenvalue weighted by Gasteiger charge is -2.26. The summed E-state index contributed by atoms with van der Waals surface area (Å²) in [6, 6.07) is 0.334. The molecule has 2 N–H and O–H groups in total. The molecule has 0 radical (unpaired) electrons. The fourth-order valence-corrected chi connectivity index (χ4v) is 6.17. The topological polar surface area (TPSA) is 74.8 Å². The number of hydrogen-bond acceptors (Lipinski definition) is 5. The number of carbonyl (C=O) groups is 1. The highest BCUT2D eigenvalue weighted by molar-refractivity contribution is 7.99. The first kappa shape index (κ1) is 19.0. The molecule has 2 aromatic heterocycles. The van der Waals surface area contributed by atoms with Crippen molar-refractivity contribution in [1.82, 2.24) is 15.3 Å². The number of thioether (sulfide) groups is 1. The van der Waals surface area contributed by atoms with E-state index in [0.29, 0.717) is 23.4 Å². The van der Waals surface area contributed by atoms with Gasteiger partial charge in [-0.05, 0) is 62.8 Å². The smallest absolute Gasteiger partial charge is 0.259 e. The van der Waals surface area contributed by atoms with E-state index in [2.05, 4.69) is 22.2 Å². The number of nitrogens with one attached hydrogen (secondary N) is 2. The minimum Gasteiger partial charge on any atom is -0.353 e. The van der Waals surface area contributed by atoms with Crippen LogP contribution in [0.4, 0.5) is 0 Å². The van der Waals surface area contributed by atoms with Crippen LogP contribution in [0.1, 0.15) is 61.7 Å². The second kappa shape index (κ2) is 8.35. The standard InChI is InChI=1S/C20H27N3O2S2/c1-12-6-8-13(9-7-12)21-17(24)11-26-10-16-22-19(25)18-14-4-2-3-5-15(14)27-20(18)23-16/h12-13H,2-11H2,1H3,(H,21,24)(H,22,23,25). The van der Waals surface area contributed by atoms with Crippen molar-refractivity contribution in [2.75, 3.05) is 5.75 Å². The lowest BCUT2D eigenvalue weighted by molar-refractivity contribution is -0.119. The molecule has 146 valence electrons. The molecule has 0 unspecified atom stereocenters. The van der Waals surface area contributed by atoms with Gasteiger partial charge in [-0.25, -0.2) is 4.98 Å². The Morgan fingerprint density at radius 3 is 2.85 bits per heavy atom. The maximum atomic E-state index is 12.5. The monoisotopic (exact) mass is 405 g/mol. The lowest BCUT2D eigenvalue weighted by Crippen LogP contribution is -2.38. The zero-order valence-corrected chi connectivity index (χ0v) is 17.4. The SMILES string of the molecule is CC1CCC(NC(=O)CSCc2nc3sc4c(c3c(=O)[nH]2)CCCC4)CC1. The summed E-state index contributed by atoms with van der Waals surface area (Å²) >= 11 is 3.19. The molecule has 5 nitrogen and oxygen atoms in total. The van der Waals surface area contributed by atoms with Gasteiger partial charge in [-0.15, -0.1) is 23.1 Å². The maximum absolute atomic E-state index is 12.5. The minimum atomic E-state index is -0.0178. The molecule has 2 aromatic rings. The van der Waals surface area contributed by atoms with Crippen molar-refractivity contribution in [3.05, 3.63) is 26.6 Å². The molecule has 1 fully saturated rings. The number of aromatic nitrogens is 2. The van der Waals surface area contributed by atoms with Crippen LogP contribution < -0.4 is 10.9 Å². The van der Waals surface area contributed by atoms with Crippen LogP contribution >= 0.6 is 23.1 Å². The van der Waals surface area contributed by atoms with Crippen LogP contribution in [0.3, 0.4) is 0 Å². The summed E-state index contributed by atoms with van der Waals surface area (Å²) in [5.41, 5.74) is 1.20. The normalized spacial score (nSPS) is 22.6. The number of hydrogen-bond donors (Lipinski definition) is 2. The average Bonchev–Trinajstić information content (AvgIpc) is 3.02. The summed E-state index contributed by atoms with van der Waals surface area (Å²) < 4.78 is 0. The van der Waals surface area contributed by atoms with E-state index in [1.807, 2.05) is 0 Å². The van der Waals surface area contributed by atoms with Crippen molar-refractivity contribution in [2.45, 2.75) is 70.1 Å². The number of fused-ring (bicyclic) bond motifs is 3. The lowest BCUT2D eigenvalue weighted by atomic mass is 9.87. The van der Waals surface area contributed by atoms with E-state index in [9.17, 15) is 9.59 Å². The minimum absolute atomic E-state index is 0.0178. The summed E-state index contributed by atoms with van der Waals surface area (Å²) in [4.78, 5) is 34.5. The molecule has 1 amide bonds. The summed E-state index contributed by atoms with van der Waals surface area (Å²) in [5.74, 6) is 2.52. The Morgan fingerprint density at radius 2 is 2.04 bits per heavy atom. The van der Waals surface area contributed by atoms with Crippen molar-refractivity contribution in [3.63, 3.8) is 0 Å². The van der Waals surface area contributed by atoms with Crippen molar-refractivity contribution in [3.8, 4) is 0 Å². The highest BCUT2D eigenvalue weighted by Crippen LogP contribution is 2.33. The number of H-pyrrole nitrogens is 1.